The first-order valence-electron chi connectivity index (χ1n) is 7.51. The third-order valence-electron chi connectivity index (χ3n) is 3.68. The van der Waals surface area contributed by atoms with E-state index in [0.717, 1.165) is 18.8 Å². The molecule has 0 amide bonds. The topological polar surface area (TPSA) is 29.5 Å². The molecule has 0 spiro atoms. The number of ether oxygens (including phenoxy) is 1. The first kappa shape index (κ1) is 16.2. The summed E-state index contributed by atoms with van der Waals surface area (Å²) in [4.78, 5) is 14.7. The van der Waals surface area contributed by atoms with E-state index >= 15 is 0 Å². The highest BCUT2D eigenvalue weighted by Crippen LogP contribution is 2.17. The van der Waals surface area contributed by atoms with Crippen molar-refractivity contribution in [1.82, 2.24) is 4.90 Å². The van der Waals surface area contributed by atoms with Crippen molar-refractivity contribution in [3.63, 3.8) is 0 Å². The molecular weight excluding hydrogens is 274 g/mol. The van der Waals surface area contributed by atoms with Crippen LogP contribution in [0.15, 0.2) is 54.6 Å². The molecule has 0 heterocycles. The maximum Gasteiger partial charge on any atom is 1.00 e. The highest BCUT2D eigenvalue weighted by Gasteiger charge is 2.17. The van der Waals surface area contributed by atoms with Gasteiger partial charge in [-0.25, -0.2) is 0 Å². The molecule has 3 heteroatoms. The Hall–Kier alpha value is -2.13. The van der Waals surface area contributed by atoms with Crippen LogP contribution in [0.2, 0.25) is 0 Å². The van der Waals surface area contributed by atoms with Crippen molar-refractivity contribution >= 4 is 5.78 Å². The molecule has 0 N–H and O–H groups in total. The highest BCUT2D eigenvalue weighted by atomic mass is 16.5. The van der Waals surface area contributed by atoms with Crippen molar-refractivity contribution in [2.24, 2.45) is 5.92 Å². The van der Waals surface area contributed by atoms with Gasteiger partial charge >= 0.3 is 1.43 Å². The van der Waals surface area contributed by atoms with Crippen molar-refractivity contribution in [1.29, 1.82) is 0 Å². The van der Waals surface area contributed by atoms with Crippen molar-refractivity contribution < 1.29 is 11.0 Å². The smallest absolute Gasteiger partial charge is 0.497 e. The zero-order chi connectivity index (χ0) is 15.9. The molecule has 0 unspecified atom stereocenters. The van der Waals surface area contributed by atoms with Crippen molar-refractivity contribution in [2.75, 3.05) is 20.7 Å². The van der Waals surface area contributed by atoms with Gasteiger partial charge in [-0.15, -0.1) is 0 Å². The Labute approximate surface area is 134 Å². The van der Waals surface area contributed by atoms with Gasteiger partial charge in [0.1, 0.15) is 5.75 Å². The van der Waals surface area contributed by atoms with Gasteiger partial charge in [0.15, 0.2) is 5.78 Å². The average Bonchev–Trinajstić information content (AvgIpc) is 2.55. The van der Waals surface area contributed by atoms with Gasteiger partial charge in [-0.05, 0) is 24.7 Å². The zero-order valence-corrected chi connectivity index (χ0v) is 13.5. The number of hydrogen-bond donors (Lipinski definition) is 0. The largest absolute Gasteiger partial charge is 1.00 e. The van der Waals surface area contributed by atoms with Crippen LogP contribution in [0, 0.1) is 5.92 Å². The molecule has 0 radical (unpaired) electrons. The molecule has 2 aromatic carbocycles. The van der Waals surface area contributed by atoms with Gasteiger partial charge in [-0.3, -0.25) is 4.79 Å². The van der Waals surface area contributed by atoms with Crippen LogP contribution in [0.25, 0.3) is 0 Å². The molecule has 0 aliphatic carbocycles. The number of carbonyl (C=O) groups excluding carboxylic acids is 1. The van der Waals surface area contributed by atoms with Gasteiger partial charge in [-0.2, -0.15) is 0 Å². The van der Waals surface area contributed by atoms with E-state index < -0.39 is 0 Å². The van der Waals surface area contributed by atoms with E-state index in [1.54, 1.807) is 13.2 Å². The SMILES string of the molecule is COc1cccc(C(=O)[C@@H](C)CN(C)Cc2ccccc2)c1.[H+]. The second-order valence-corrected chi connectivity index (χ2v) is 5.68. The fourth-order valence-corrected chi connectivity index (χ4v) is 2.57. The molecule has 116 valence electrons. The predicted octanol–water partition coefficient (Wildman–Crippen LogP) is 3.76. The summed E-state index contributed by atoms with van der Waals surface area (Å²) in [5.74, 6) is 0.815. The number of ketones is 1. The van der Waals surface area contributed by atoms with Gasteiger partial charge < -0.3 is 9.64 Å². The van der Waals surface area contributed by atoms with Crippen LogP contribution in [0.1, 0.15) is 24.3 Å². The molecular formula is C19H24NO2+. The number of benzene rings is 2. The molecule has 0 saturated heterocycles. The maximum atomic E-state index is 12.5. The molecule has 0 fully saturated rings. The van der Waals surface area contributed by atoms with Crippen LogP contribution in [-0.4, -0.2) is 31.4 Å². The summed E-state index contributed by atoms with van der Waals surface area (Å²) in [6, 6.07) is 17.6. The number of nitrogens with zero attached hydrogens (tertiary/aromatic N) is 1. The predicted molar refractivity (Wildman–Crippen MR) is 90.4 cm³/mol. The summed E-state index contributed by atoms with van der Waals surface area (Å²) in [6.45, 7) is 3.55. The van der Waals surface area contributed by atoms with Crippen LogP contribution in [0.3, 0.4) is 0 Å². The van der Waals surface area contributed by atoms with Crippen molar-refractivity contribution in [3.05, 3.63) is 65.7 Å². The molecule has 0 aliphatic rings. The van der Waals surface area contributed by atoms with Crippen LogP contribution < -0.4 is 4.74 Å². The van der Waals surface area contributed by atoms with E-state index in [-0.39, 0.29) is 13.1 Å². The average molecular weight is 298 g/mol. The van der Waals surface area contributed by atoms with Crippen LogP contribution >= 0.6 is 0 Å². The summed E-state index contributed by atoms with van der Waals surface area (Å²) in [6.07, 6.45) is 0. The molecule has 2 rings (SSSR count). The lowest BCUT2D eigenvalue weighted by molar-refractivity contribution is 0.0900. The summed E-state index contributed by atoms with van der Waals surface area (Å²) >= 11 is 0. The number of methoxy groups -OCH3 is 1. The van der Waals surface area contributed by atoms with Gasteiger partial charge in [0, 0.05) is 24.6 Å². The molecule has 0 bridgehead atoms. The van der Waals surface area contributed by atoms with Crippen molar-refractivity contribution in [2.45, 2.75) is 13.5 Å². The van der Waals surface area contributed by atoms with E-state index in [0.29, 0.717) is 5.56 Å². The molecule has 3 nitrogen and oxygen atoms in total. The molecule has 1 atom stereocenters. The van der Waals surface area contributed by atoms with Gasteiger partial charge in [0.25, 0.3) is 0 Å². The second kappa shape index (κ2) is 7.76. The summed E-state index contributed by atoms with van der Waals surface area (Å²) in [7, 11) is 3.66. The molecule has 0 saturated carbocycles. The number of Topliss-reactive ketones (excluding diaryl/α,β-unsaturated/α-hetero) is 1. The van der Waals surface area contributed by atoms with E-state index in [9.17, 15) is 4.79 Å². The first-order valence-corrected chi connectivity index (χ1v) is 7.51. The summed E-state index contributed by atoms with van der Waals surface area (Å²) in [5.41, 5.74) is 1.96. The minimum Gasteiger partial charge on any atom is -0.497 e. The normalized spacial score (nSPS) is 12.2. The lowest BCUT2D eigenvalue weighted by atomic mass is 9.98. The highest BCUT2D eigenvalue weighted by molar-refractivity contribution is 5.98. The summed E-state index contributed by atoms with van der Waals surface area (Å²) < 4.78 is 5.18. The third kappa shape index (κ3) is 4.43. The minimum absolute atomic E-state index is 0. The van der Waals surface area contributed by atoms with E-state index in [2.05, 4.69) is 17.0 Å². The Morgan fingerprint density at radius 2 is 1.91 bits per heavy atom. The first-order chi connectivity index (χ1) is 10.6. The van der Waals surface area contributed by atoms with E-state index in [1.165, 1.54) is 5.56 Å². The Morgan fingerprint density at radius 3 is 2.59 bits per heavy atom. The van der Waals surface area contributed by atoms with Crippen LogP contribution in [-0.2, 0) is 6.54 Å². The fourth-order valence-electron chi connectivity index (χ4n) is 2.57. The molecule has 0 aliphatic heterocycles. The fraction of sp³-hybridized carbons (Fsp3) is 0.316. The Bertz CT molecular complexity index is 616. The Morgan fingerprint density at radius 1 is 1.18 bits per heavy atom. The lowest BCUT2D eigenvalue weighted by Crippen LogP contribution is -2.28. The quantitative estimate of drug-likeness (QED) is 0.729. The van der Waals surface area contributed by atoms with Gasteiger partial charge in [-0.1, -0.05) is 49.4 Å². The number of carbonyl (C=O) groups is 1. The molecule has 22 heavy (non-hydrogen) atoms. The second-order valence-electron chi connectivity index (χ2n) is 5.68. The maximum absolute atomic E-state index is 12.5. The van der Waals surface area contributed by atoms with Gasteiger partial charge in [0.05, 0.1) is 7.11 Å². The monoisotopic (exact) mass is 298 g/mol. The standard InChI is InChI=1S/C19H23NO2/c1-15(13-20(2)14-16-8-5-4-6-9-16)19(21)17-10-7-11-18(12-17)22-3/h4-12,15H,13-14H2,1-3H3/p+1/t15-/m0/s1. The van der Waals surface area contributed by atoms with Crippen molar-refractivity contribution in [3.8, 4) is 5.75 Å². The Balaban J connectivity index is 0.00000264. The third-order valence-corrected chi connectivity index (χ3v) is 3.68. The van der Waals surface area contributed by atoms with Gasteiger partial charge in [0.2, 0.25) is 0 Å². The lowest BCUT2D eigenvalue weighted by Gasteiger charge is -2.21. The Kier molecular flexibility index (Phi) is 5.73. The molecule has 2 aromatic rings. The number of hydrogen-bond acceptors (Lipinski definition) is 3. The zero-order valence-electron chi connectivity index (χ0n) is 14.5. The molecule has 0 aromatic heterocycles. The summed E-state index contributed by atoms with van der Waals surface area (Å²) in [5, 5.41) is 0. The van der Waals surface area contributed by atoms with Crippen LogP contribution in [0.4, 0.5) is 0 Å². The minimum atomic E-state index is -0.0548. The van der Waals surface area contributed by atoms with E-state index in [1.807, 2.05) is 50.4 Å². The number of rotatable bonds is 7. The van der Waals surface area contributed by atoms with Crippen LogP contribution in [0.5, 0.6) is 5.75 Å². The van der Waals surface area contributed by atoms with E-state index in [4.69, 9.17) is 4.74 Å².